The normalized spacial score (nSPS) is 11.1. The first kappa shape index (κ1) is 12.4. The SMILES string of the molecule is CC(C)=CCCC(C)(C)CCC=O. The van der Waals surface area contributed by atoms with Crippen LogP contribution in [0.4, 0.5) is 0 Å². The monoisotopic (exact) mass is 182 g/mol. The van der Waals surface area contributed by atoms with Gasteiger partial charge in [0.15, 0.2) is 0 Å². The zero-order valence-corrected chi connectivity index (χ0v) is 9.39. The molecule has 0 spiro atoms. The second-order valence-corrected chi connectivity index (χ2v) is 4.69. The summed E-state index contributed by atoms with van der Waals surface area (Å²) in [5, 5.41) is 0. The van der Waals surface area contributed by atoms with Crippen molar-refractivity contribution in [3.63, 3.8) is 0 Å². The first-order valence-corrected chi connectivity index (χ1v) is 5.05. The topological polar surface area (TPSA) is 17.1 Å². The number of aldehydes is 1. The molecule has 0 N–H and O–H groups in total. The Morgan fingerprint density at radius 2 is 1.69 bits per heavy atom. The standard InChI is InChI=1S/C12H22O/c1-11(2)7-5-8-12(3,4)9-6-10-13/h7,10H,5-6,8-9H2,1-4H3. The Bertz CT molecular complexity index is 174. The van der Waals surface area contributed by atoms with Crippen LogP contribution in [0.5, 0.6) is 0 Å². The quantitative estimate of drug-likeness (QED) is 0.452. The van der Waals surface area contributed by atoms with Crippen molar-refractivity contribution in [2.45, 2.75) is 53.4 Å². The summed E-state index contributed by atoms with van der Waals surface area (Å²) in [5.74, 6) is 0. The molecule has 0 aliphatic heterocycles. The van der Waals surface area contributed by atoms with Gasteiger partial charge >= 0.3 is 0 Å². The molecule has 1 heteroatoms. The minimum absolute atomic E-state index is 0.312. The van der Waals surface area contributed by atoms with E-state index in [0.29, 0.717) is 11.8 Å². The lowest BCUT2D eigenvalue weighted by Gasteiger charge is -2.22. The molecule has 0 unspecified atom stereocenters. The van der Waals surface area contributed by atoms with E-state index in [2.05, 4.69) is 33.8 Å². The third-order valence-corrected chi connectivity index (χ3v) is 2.31. The van der Waals surface area contributed by atoms with Crippen LogP contribution >= 0.6 is 0 Å². The van der Waals surface area contributed by atoms with Crippen LogP contribution in [0.25, 0.3) is 0 Å². The van der Waals surface area contributed by atoms with Gasteiger partial charge in [-0.15, -0.1) is 0 Å². The second-order valence-electron chi connectivity index (χ2n) is 4.69. The third-order valence-electron chi connectivity index (χ3n) is 2.31. The maximum Gasteiger partial charge on any atom is 0.120 e. The number of carbonyl (C=O) groups is 1. The molecule has 0 aromatic heterocycles. The van der Waals surface area contributed by atoms with E-state index in [1.165, 1.54) is 12.0 Å². The van der Waals surface area contributed by atoms with Crippen molar-refractivity contribution in [3.05, 3.63) is 11.6 Å². The van der Waals surface area contributed by atoms with Gasteiger partial charge in [0.2, 0.25) is 0 Å². The molecule has 0 saturated carbocycles. The summed E-state index contributed by atoms with van der Waals surface area (Å²) < 4.78 is 0. The van der Waals surface area contributed by atoms with Crippen LogP contribution in [0.15, 0.2) is 11.6 Å². The maximum atomic E-state index is 10.2. The molecule has 0 saturated heterocycles. The van der Waals surface area contributed by atoms with Gasteiger partial charge in [-0.25, -0.2) is 0 Å². The van der Waals surface area contributed by atoms with E-state index in [1.54, 1.807) is 0 Å². The number of carbonyl (C=O) groups excluding carboxylic acids is 1. The minimum atomic E-state index is 0.312. The molecule has 0 atom stereocenters. The lowest BCUT2D eigenvalue weighted by atomic mass is 9.83. The first-order valence-electron chi connectivity index (χ1n) is 5.05. The molecule has 0 fully saturated rings. The number of hydrogen-bond donors (Lipinski definition) is 0. The largest absolute Gasteiger partial charge is 0.303 e. The van der Waals surface area contributed by atoms with E-state index in [9.17, 15) is 4.79 Å². The molecule has 0 aliphatic carbocycles. The van der Waals surface area contributed by atoms with E-state index in [1.807, 2.05) is 0 Å². The fraction of sp³-hybridized carbons (Fsp3) is 0.750. The molecule has 0 rings (SSSR count). The Balaban J connectivity index is 3.74. The fourth-order valence-electron chi connectivity index (χ4n) is 1.33. The predicted octanol–water partition coefficient (Wildman–Crippen LogP) is 3.74. The van der Waals surface area contributed by atoms with Crippen LogP contribution in [0.3, 0.4) is 0 Å². The Morgan fingerprint density at radius 3 is 2.15 bits per heavy atom. The van der Waals surface area contributed by atoms with E-state index >= 15 is 0 Å². The molecule has 1 nitrogen and oxygen atoms in total. The molecule has 0 aromatic rings. The zero-order chi connectivity index (χ0) is 10.3. The molecule has 13 heavy (non-hydrogen) atoms. The first-order chi connectivity index (χ1) is 5.98. The summed E-state index contributed by atoms with van der Waals surface area (Å²) in [6.45, 7) is 8.71. The number of allylic oxidation sites excluding steroid dienone is 2. The fourth-order valence-corrected chi connectivity index (χ4v) is 1.33. The van der Waals surface area contributed by atoms with Gasteiger partial charge in [0.25, 0.3) is 0 Å². The van der Waals surface area contributed by atoms with Crippen molar-refractivity contribution in [3.8, 4) is 0 Å². The average Bonchev–Trinajstić information content (AvgIpc) is 2.00. The highest BCUT2D eigenvalue weighted by atomic mass is 16.1. The minimum Gasteiger partial charge on any atom is -0.303 e. The highest BCUT2D eigenvalue weighted by Crippen LogP contribution is 2.28. The lowest BCUT2D eigenvalue weighted by molar-refractivity contribution is -0.108. The van der Waals surface area contributed by atoms with Gasteiger partial charge in [0, 0.05) is 6.42 Å². The Hall–Kier alpha value is -0.590. The van der Waals surface area contributed by atoms with Crippen molar-refractivity contribution in [1.29, 1.82) is 0 Å². The molecule has 0 aliphatic rings. The molecule has 76 valence electrons. The number of rotatable bonds is 6. The van der Waals surface area contributed by atoms with Gasteiger partial charge in [-0.05, 0) is 38.5 Å². The van der Waals surface area contributed by atoms with Crippen molar-refractivity contribution in [2.75, 3.05) is 0 Å². The summed E-state index contributed by atoms with van der Waals surface area (Å²) in [5.41, 5.74) is 1.69. The van der Waals surface area contributed by atoms with Crippen molar-refractivity contribution < 1.29 is 4.79 Å². The van der Waals surface area contributed by atoms with Crippen LogP contribution in [0.1, 0.15) is 53.4 Å². The average molecular weight is 182 g/mol. The smallest absolute Gasteiger partial charge is 0.120 e. The number of hydrogen-bond acceptors (Lipinski definition) is 1. The molecule has 0 bridgehead atoms. The Kier molecular flexibility index (Phi) is 5.68. The van der Waals surface area contributed by atoms with Crippen LogP contribution in [-0.4, -0.2) is 6.29 Å². The second kappa shape index (κ2) is 5.95. The molecule has 0 radical (unpaired) electrons. The molecular formula is C12H22O. The third kappa shape index (κ3) is 7.76. The molecular weight excluding hydrogens is 160 g/mol. The summed E-state index contributed by atoms with van der Waals surface area (Å²) in [6, 6.07) is 0. The Morgan fingerprint density at radius 1 is 1.15 bits per heavy atom. The molecule has 0 heterocycles. The van der Waals surface area contributed by atoms with E-state index in [0.717, 1.165) is 19.1 Å². The zero-order valence-electron chi connectivity index (χ0n) is 9.39. The van der Waals surface area contributed by atoms with Gasteiger partial charge in [0.05, 0.1) is 0 Å². The summed E-state index contributed by atoms with van der Waals surface area (Å²) in [4.78, 5) is 10.2. The van der Waals surface area contributed by atoms with E-state index in [4.69, 9.17) is 0 Å². The van der Waals surface area contributed by atoms with Crippen LogP contribution in [0, 0.1) is 5.41 Å². The van der Waals surface area contributed by atoms with Crippen LogP contribution < -0.4 is 0 Å². The predicted molar refractivity (Wildman–Crippen MR) is 57.7 cm³/mol. The molecule has 0 amide bonds. The highest BCUT2D eigenvalue weighted by molar-refractivity contribution is 5.49. The highest BCUT2D eigenvalue weighted by Gasteiger charge is 2.15. The van der Waals surface area contributed by atoms with Crippen molar-refractivity contribution >= 4 is 6.29 Å². The van der Waals surface area contributed by atoms with Gasteiger partial charge < -0.3 is 4.79 Å². The summed E-state index contributed by atoms with van der Waals surface area (Å²) in [6.07, 6.45) is 7.29. The summed E-state index contributed by atoms with van der Waals surface area (Å²) >= 11 is 0. The maximum absolute atomic E-state index is 10.2. The van der Waals surface area contributed by atoms with Crippen LogP contribution in [0.2, 0.25) is 0 Å². The summed E-state index contributed by atoms with van der Waals surface area (Å²) in [7, 11) is 0. The van der Waals surface area contributed by atoms with Gasteiger partial charge in [0.1, 0.15) is 6.29 Å². The molecule has 0 aromatic carbocycles. The van der Waals surface area contributed by atoms with Gasteiger partial charge in [-0.1, -0.05) is 25.5 Å². The van der Waals surface area contributed by atoms with Crippen molar-refractivity contribution in [1.82, 2.24) is 0 Å². The van der Waals surface area contributed by atoms with Crippen molar-refractivity contribution in [2.24, 2.45) is 5.41 Å². The van der Waals surface area contributed by atoms with Crippen LogP contribution in [-0.2, 0) is 4.79 Å². The van der Waals surface area contributed by atoms with Gasteiger partial charge in [-0.2, -0.15) is 0 Å². The van der Waals surface area contributed by atoms with E-state index in [-0.39, 0.29) is 0 Å². The lowest BCUT2D eigenvalue weighted by Crippen LogP contribution is -2.10. The van der Waals surface area contributed by atoms with Gasteiger partial charge in [-0.3, -0.25) is 0 Å². The Labute approximate surface area is 82.2 Å². The van der Waals surface area contributed by atoms with E-state index < -0.39 is 0 Å².